The highest BCUT2D eigenvalue weighted by molar-refractivity contribution is 6.08. The number of nitrogens with zero attached hydrogens (tertiary/aromatic N) is 2. The second kappa shape index (κ2) is 4.40. The maximum Gasteiger partial charge on any atom is 0.406 e. The second-order valence-electron chi connectivity index (χ2n) is 5.18. The third kappa shape index (κ3) is 2.32. The number of hydrogen-bond acceptors (Lipinski definition) is 3. The molecule has 0 saturated carbocycles. The number of nitro benzene ring substituents is 1. The lowest BCUT2D eigenvalue weighted by molar-refractivity contribution is -0.387. The van der Waals surface area contributed by atoms with Crippen LogP contribution in [-0.4, -0.2) is 23.6 Å². The van der Waals surface area contributed by atoms with Crippen LogP contribution in [0.25, 0.3) is 0 Å². The Morgan fingerprint density at radius 3 is 2.38 bits per heavy atom. The smallest absolute Gasteiger partial charge is 0.302 e. The lowest BCUT2D eigenvalue weighted by Gasteiger charge is -2.21. The first-order valence-electron chi connectivity index (χ1n) is 5.83. The Morgan fingerprint density at radius 2 is 1.90 bits per heavy atom. The average molecular weight is 306 g/mol. The molecule has 1 aliphatic heterocycles. The molecule has 0 aromatic heterocycles. The summed E-state index contributed by atoms with van der Waals surface area (Å²) in [6, 6.07) is 1.72. The molecule has 0 radical (unpaired) electrons. The summed E-state index contributed by atoms with van der Waals surface area (Å²) >= 11 is 0. The summed E-state index contributed by atoms with van der Waals surface area (Å²) in [6.07, 6.45) is -4.66. The van der Waals surface area contributed by atoms with Crippen molar-refractivity contribution in [2.75, 3.05) is 11.4 Å². The van der Waals surface area contributed by atoms with E-state index in [0.717, 1.165) is 12.1 Å². The summed E-state index contributed by atoms with van der Waals surface area (Å²) < 4.78 is 51.8. The summed E-state index contributed by atoms with van der Waals surface area (Å²) in [7, 11) is 0. The van der Waals surface area contributed by atoms with Gasteiger partial charge in [-0.15, -0.1) is 0 Å². The van der Waals surface area contributed by atoms with Crippen molar-refractivity contribution in [2.45, 2.75) is 25.4 Å². The van der Waals surface area contributed by atoms with Gasteiger partial charge in [-0.3, -0.25) is 14.9 Å². The Labute approximate surface area is 116 Å². The number of carbonyl (C=O) groups is 1. The van der Waals surface area contributed by atoms with Crippen molar-refractivity contribution in [3.63, 3.8) is 0 Å². The fraction of sp³-hybridized carbons (Fsp3) is 0.417. The van der Waals surface area contributed by atoms with Gasteiger partial charge >= 0.3 is 11.9 Å². The van der Waals surface area contributed by atoms with Crippen molar-refractivity contribution in [3.05, 3.63) is 33.6 Å². The van der Waals surface area contributed by atoms with Crippen molar-refractivity contribution >= 4 is 17.3 Å². The number of nitro groups is 1. The standard InChI is InChI=1S/C12H10F4N2O3/c1-11(2)8-6(3-4-7(9(8)13)18(20)21)17(10(11)19)5-12(14,15)16/h3-4H,5H2,1-2H3. The van der Waals surface area contributed by atoms with Crippen molar-refractivity contribution in [1.29, 1.82) is 0 Å². The molecule has 9 heteroatoms. The average Bonchev–Trinajstić information content (AvgIpc) is 2.49. The van der Waals surface area contributed by atoms with Crippen LogP contribution in [-0.2, 0) is 10.2 Å². The van der Waals surface area contributed by atoms with Crippen LogP contribution in [0, 0.1) is 15.9 Å². The van der Waals surface area contributed by atoms with E-state index in [-0.39, 0.29) is 11.3 Å². The molecule has 1 aromatic carbocycles. The van der Waals surface area contributed by atoms with E-state index < -0.39 is 40.5 Å². The summed E-state index contributed by atoms with van der Waals surface area (Å²) in [5, 5.41) is 10.7. The number of fused-ring (bicyclic) bond motifs is 1. The Hall–Kier alpha value is -2.19. The number of hydrogen-bond donors (Lipinski definition) is 0. The molecule has 1 aromatic rings. The number of rotatable bonds is 2. The Bertz CT molecular complexity index is 640. The Kier molecular flexibility index (Phi) is 3.19. The fourth-order valence-electron chi connectivity index (χ4n) is 2.41. The summed E-state index contributed by atoms with van der Waals surface area (Å²) in [4.78, 5) is 22.2. The molecule has 2 rings (SSSR count). The monoisotopic (exact) mass is 306 g/mol. The van der Waals surface area contributed by atoms with Gasteiger partial charge in [0.25, 0.3) is 0 Å². The van der Waals surface area contributed by atoms with Crippen molar-refractivity contribution in [3.8, 4) is 0 Å². The van der Waals surface area contributed by atoms with E-state index in [1.165, 1.54) is 13.8 Å². The molecule has 1 aliphatic rings. The van der Waals surface area contributed by atoms with Gasteiger partial charge in [-0.2, -0.15) is 17.6 Å². The van der Waals surface area contributed by atoms with Crippen molar-refractivity contribution < 1.29 is 27.3 Å². The number of carbonyl (C=O) groups excluding carboxylic acids is 1. The van der Waals surface area contributed by atoms with Crippen molar-refractivity contribution in [1.82, 2.24) is 0 Å². The summed E-state index contributed by atoms with van der Waals surface area (Å²) in [5.41, 5.74) is -3.14. The van der Waals surface area contributed by atoms with Crippen LogP contribution >= 0.6 is 0 Å². The lowest BCUT2D eigenvalue weighted by Crippen LogP contribution is -2.41. The molecule has 114 valence electrons. The van der Waals surface area contributed by atoms with Gasteiger partial charge in [0.2, 0.25) is 11.7 Å². The molecule has 0 atom stereocenters. The molecule has 0 aliphatic carbocycles. The molecule has 0 unspecified atom stereocenters. The Balaban J connectivity index is 2.65. The molecule has 0 fully saturated rings. The van der Waals surface area contributed by atoms with Crippen LogP contribution in [0.4, 0.5) is 28.9 Å². The van der Waals surface area contributed by atoms with Gasteiger partial charge in [-0.25, -0.2) is 0 Å². The summed E-state index contributed by atoms with van der Waals surface area (Å²) in [5.74, 6) is -2.23. The first-order valence-corrected chi connectivity index (χ1v) is 5.83. The third-order valence-electron chi connectivity index (χ3n) is 3.33. The van der Waals surface area contributed by atoms with Crippen molar-refractivity contribution in [2.24, 2.45) is 0 Å². The molecular weight excluding hydrogens is 296 g/mol. The molecule has 0 N–H and O–H groups in total. The fourth-order valence-corrected chi connectivity index (χ4v) is 2.41. The van der Waals surface area contributed by atoms with Crippen LogP contribution in [0.5, 0.6) is 0 Å². The molecule has 0 bridgehead atoms. The molecule has 0 spiro atoms. The van der Waals surface area contributed by atoms with E-state index in [1.54, 1.807) is 0 Å². The van der Waals surface area contributed by atoms with Gasteiger partial charge in [0.05, 0.1) is 16.0 Å². The minimum Gasteiger partial charge on any atom is -0.302 e. The maximum atomic E-state index is 14.2. The Morgan fingerprint density at radius 1 is 1.33 bits per heavy atom. The van der Waals surface area contributed by atoms with E-state index in [4.69, 9.17) is 0 Å². The zero-order valence-corrected chi connectivity index (χ0v) is 11.0. The van der Waals surface area contributed by atoms with E-state index in [9.17, 15) is 32.5 Å². The third-order valence-corrected chi connectivity index (χ3v) is 3.33. The molecule has 5 nitrogen and oxygen atoms in total. The normalized spacial score (nSPS) is 17.0. The van der Waals surface area contributed by atoms with Crippen LogP contribution in [0.2, 0.25) is 0 Å². The minimum atomic E-state index is -4.66. The highest BCUT2D eigenvalue weighted by atomic mass is 19.4. The minimum absolute atomic E-state index is 0.287. The predicted octanol–water partition coefficient (Wildman–Crippen LogP) is 2.92. The van der Waals surface area contributed by atoms with E-state index in [0.29, 0.717) is 4.90 Å². The first kappa shape index (κ1) is 15.2. The highest BCUT2D eigenvalue weighted by Crippen LogP contribution is 2.46. The first-order chi connectivity index (χ1) is 9.47. The number of alkyl halides is 3. The molecule has 21 heavy (non-hydrogen) atoms. The number of amides is 1. The van der Waals surface area contributed by atoms with Crippen LogP contribution in [0.1, 0.15) is 19.4 Å². The molecular formula is C12H10F4N2O3. The van der Waals surface area contributed by atoms with E-state index in [2.05, 4.69) is 0 Å². The number of halogens is 4. The molecule has 1 amide bonds. The second-order valence-corrected chi connectivity index (χ2v) is 5.18. The molecule has 0 saturated heterocycles. The molecule has 1 heterocycles. The zero-order valence-electron chi connectivity index (χ0n) is 11.0. The van der Waals surface area contributed by atoms with E-state index >= 15 is 0 Å². The van der Waals surface area contributed by atoms with Gasteiger partial charge in [-0.05, 0) is 19.9 Å². The van der Waals surface area contributed by atoms with Crippen LogP contribution in [0.15, 0.2) is 12.1 Å². The predicted molar refractivity (Wildman–Crippen MR) is 64.5 cm³/mol. The van der Waals surface area contributed by atoms with E-state index in [1.807, 2.05) is 0 Å². The lowest BCUT2D eigenvalue weighted by atomic mass is 9.85. The number of benzene rings is 1. The number of anilines is 1. The zero-order chi connectivity index (χ0) is 16.2. The quantitative estimate of drug-likeness (QED) is 0.479. The van der Waals surface area contributed by atoms with Crippen LogP contribution in [0.3, 0.4) is 0 Å². The van der Waals surface area contributed by atoms with Gasteiger partial charge in [0.15, 0.2) is 0 Å². The summed E-state index contributed by atoms with van der Waals surface area (Å²) in [6.45, 7) is 0.897. The highest BCUT2D eigenvalue weighted by Gasteiger charge is 2.50. The topological polar surface area (TPSA) is 63.5 Å². The SMILES string of the molecule is CC1(C)C(=O)N(CC(F)(F)F)c2ccc([N+](=O)[O-])c(F)c21. The largest absolute Gasteiger partial charge is 0.406 e. The van der Waals surface area contributed by atoms with Gasteiger partial charge in [0, 0.05) is 11.6 Å². The maximum absolute atomic E-state index is 14.2. The van der Waals surface area contributed by atoms with Gasteiger partial charge < -0.3 is 4.90 Å². The van der Waals surface area contributed by atoms with Gasteiger partial charge in [0.1, 0.15) is 6.54 Å². The van der Waals surface area contributed by atoms with Crippen LogP contribution < -0.4 is 4.90 Å². The van der Waals surface area contributed by atoms with Gasteiger partial charge in [-0.1, -0.05) is 0 Å².